The predicted molar refractivity (Wildman–Crippen MR) is 33.2 cm³/mol. The van der Waals surface area contributed by atoms with Gasteiger partial charge in [-0.25, -0.2) is 4.79 Å². The largest absolute Gasteiger partial charge is 0.480 e. The van der Waals surface area contributed by atoms with Crippen molar-refractivity contribution in [2.45, 2.75) is 13.0 Å². The molecule has 9 heavy (non-hydrogen) atoms. The Hall–Kier alpha value is -0.830. The SMILES string of the molecule is C=CC(C)OCC(=O)O. The fraction of sp³-hybridized carbons (Fsp3) is 0.500. The number of hydrogen-bond acceptors (Lipinski definition) is 2. The molecule has 0 aromatic rings. The van der Waals surface area contributed by atoms with Crippen LogP contribution in [0, 0.1) is 0 Å². The average Bonchev–Trinajstić information content (AvgIpc) is 1.83. The molecule has 0 bridgehead atoms. The van der Waals surface area contributed by atoms with Crippen LogP contribution in [0.25, 0.3) is 0 Å². The van der Waals surface area contributed by atoms with Crippen molar-refractivity contribution in [2.75, 3.05) is 6.61 Å². The molecule has 0 radical (unpaired) electrons. The first kappa shape index (κ1) is 8.17. The van der Waals surface area contributed by atoms with E-state index in [0.717, 1.165) is 0 Å². The summed E-state index contributed by atoms with van der Waals surface area (Å²) in [6.45, 7) is 4.90. The topological polar surface area (TPSA) is 46.5 Å². The first-order valence-corrected chi connectivity index (χ1v) is 2.62. The van der Waals surface area contributed by atoms with Gasteiger partial charge in [-0.3, -0.25) is 0 Å². The molecule has 0 saturated carbocycles. The second-order valence-electron chi connectivity index (χ2n) is 1.65. The third-order valence-corrected chi connectivity index (χ3v) is 0.802. The number of carboxylic acid groups (broad SMARTS) is 1. The first-order chi connectivity index (χ1) is 4.16. The van der Waals surface area contributed by atoms with Crippen molar-refractivity contribution in [3.05, 3.63) is 12.7 Å². The Kier molecular flexibility index (Phi) is 3.71. The van der Waals surface area contributed by atoms with Gasteiger partial charge in [0.2, 0.25) is 0 Å². The van der Waals surface area contributed by atoms with Gasteiger partial charge in [-0.05, 0) is 6.92 Å². The average molecular weight is 130 g/mol. The van der Waals surface area contributed by atoms with Crippen LogP contribution in [0.3, 0.4) is 0 Å². The normalized spacial score (nSPS) is 12.6. The quantitative estimate of drug-likeness (QED) is 0.569. The fourth-order valence-corrected chi connectivity index (χ4v) is 0.271. The molecule has 0 aromatic heterocycles. The molecule has 0 amide bonds. The van der Waals surface area contributed by atoms with Gasteiger partial charge < -0.3 is 9.84 Å². The van der Waals surface area contributed by atoms with Crippen LogP contribution in [0.4, 0.5) is 0 Å². The van der Waals surface area contributed by atoms with Crippen LogP contribution < -0.4 is 0 Å². The van der Waals surface area contributed by atoms with Crippen molar-refractivity contribution in [1.82, 2.24) is 0 Å². The molecule has 52 valence electrons. The van der Waals surface area contributed by atoms with Gasteiger partial charge in [0.1, 0.15) is 6.61 Å². The predicted octanol–water partition coefficient (Wildman–Crippen LogP) is 0.662. The van der Waals surface area contributed by atoms with Crippen LogP contribution in [-0.2, 0) is 9.53 Å². The standard InChI is InChI=1S/C6H10O3/c1-3-5(2)9-4-6(7)8/h3,5H,1,4H2,2H3,(H,7,8). The van der Waals surface area contributed by atoms with Crippen LogP contribution >= 0.6 is 0 Å². The highest BCUT2D eigenvalue weighted by Gasteiger charge is 1.98. The van der Waals surface area contributed by atoms with Crippen LogP contribution in [0.5, 0.6) is 0 Å². The van der Waals surface area contributed by atoms with E-state index in [1.807, 2.05) is 0 Å². The lowest BCUT2D eigenvalue weighted by atomic mass is 10.4. The molecule has 3 heteroatoms. The molecule has 0 spiro atoms. The Morgan fingerprint density at radius 1 is 2.00 bits per heavy atom. The Bertz CT molecular complexity index is 109. The Balaban J connectivity index is 3.26. The molecule has 1 atom stereocenters. The highest BCUT2D eigenvalue weighted by atomic mass is 16.5. The third-order valence-electron chi connectivity index (χ3n) is 0.802. The fourth-order valence-electron chi connectivity index (χ4n) is 0.271. The maximum Gasteiger partial charge on any atom is 0.329 e. The number of hydrogen-bond donors (Lipinski definition) is 1. The molecule has 1 N–H and O–H groups in total. The van der Waals surface area contributed by atoms with Gasteiger partial charge in [0.15, 0.2) is 0 Å². The minimum absolute atomic E-state index is 0.180. The summed E-state index contributed by atoms with van der Waals surface area (Å²) in [7, 11) is 0. The summed E-state index contributed by atoms with van der Waals surface area (Å²) < 4.78 is 4.73. The van der Waals surface area contributed by atoms with Gasteiger partial charge in [0, 0.05) is 0 Å². The molecule has 0 aliphatic heterocycles. The number of carboxylic acids is 1. The van der Waals surface area contributed by atoms with E-state index in [0.29, 0.717) is 0 Å². The number of ether oxygens (including phenoxy) is 1. The van der Waals surface area contributed by atoms with Crippen LogP contribution in [0.15, 0.2) is 12.7 Å². The molecule has 0 rings (SSSR count). The number of aliphatic carboxylic acids is 1. The number of carbonyl (C=O) groups is 1. The lowest BCUT2D eigenvalue weighted by Gasteiger charge is -2.03. The zero-order chi connectivity index (χ0) is 7.28. The molecule has 0 aromatic carbocycles. The molecule has 3 nitrogen and oxygen atoms in total. The zero-order valence-electron chi connectivity index (χ0n) is 5.33. The monoisotopic (exact) mass is 130 g/mol. The van der Waals surface area contributed by atoms with Gasteiger partial charge in [-0.15, -0.1) is 6.58 Å². The van der Waals surface area contributed by atoms with Crippen LogP contribution in [0.1, 0.15) is 6.92 Å². The van der Waals surface area contributed by atoms with E-state index >= 15 is 0 Å². The van der Waals surface area contributed by atoms with Crippen molar-refractivity contribution in [3.63, 3.8) is 0 Å². The molecule has 0 aliphatic rings. The molecule has 1 unspecified atom stereocenters. The molecule has 0 aliphatic carbocycles. The van der Waals surface area contributed by atoms with Gasteiger partial charge >= 0.3 is 5.97 Å². The van der Waals surface area contributed by atoms with Crippen molar-refractivity contribution in [3.8, 4) is 0 Å². The van der Waals surface area contributed by atoms with E-state index in [2.05, 4.69) is 6.58 Å². The van der Waals surface area contributed by atoms with E-state index in [9.17, 15) is 4.79 Å². The van der Waals surface area contributed by atoms with E-state index in [-0.39, 0.29) is 12.7 Å². The maximum atomic E-state index is 9.86. The molecular weight excluding hydrogens is 120 g/mol. The van der Waals surface area contributed by atoms with Crippen molar-refractivity contribution < 1.29 is 14.6 Å². The Morgan fingerprint density at radius 3 is 2.89 bits per heavy atom. The lowest BCUT2D eigenvalue weighted by molar-refractivity contribution is -0.143. The van der Waals surface area contributed by atoms with E-state index in [4.69, 9.17) is 9.84 Å². The summed E-state index contributed by atoms with van der Waals surface area (Å²) in [6, 6.07) is 0. The molecule has 0 heterocycles. The van der Waals surface area contributed by atoms with Gasteiger partial charge in [-0.1, -0.05) is 6.08 Å². The lowest BCUT2D eigenvalue weighted by Crippen LogP contribution is -2.12. The molecular formula is C6H10O3. The summed E-state index contributed by atoms with van der Waals surface area (Å²) in [5.74, 6) is -0.955. The smallest absolute Gasteiger partial charge is 0.329 e. The van der Waals surface area contributed by atoms with Crippen molar-refractivity contribution in [2.24, 2.45) is 0 Å². The number of rotatable bonds is 4. The zero-order valence-corrected chi connectivity index (χ0v) is 5.33. The van der Waals surface area contributed by atoms with Crippen molar-refractivity contribution in [1.29, 1.82) is 0 Å². The van der Waals surface area contributed by atoms with Gasteiger partial charge in [0.25, 0.3) is 0 Å². The second-order valence-corrected chi connectivity index (χ2v) is 1.65. The minimum atomic E-state index is -0.955. The summed E-state index contributed by atoms with van der Waals surface area (Å²) in [6.07, 6.45) is 1.37. The van der Waals surface area contributed by atoms with E-state index < -0.39 is 5.97 Å². The van der Waals surface area contributed by atoms with Crippen LogP contribution in [0.2, 0.25) is 0 Å². The Morgan fingerprint density at radius 2 is 2.56 bits per heavy atom. The van der Waals surface area contributed by atoms with Crippen LogP contribution in [-0.4, -0.2) is 23.8 Å². The second kappa shape index (κ2) is 4.09. The summed E-state index contributed by atoms with van der Waals surface area (Å²) in [5.41, 5.74) is 0. The minimum Gasteiger partial charge on any atom is -0.480 e. The Labute approximate surface area is 53.9 Å². The summed E-state index contributed by atoms with van der Waals surface area (Å²) >= 11 is 0. The first-order valence-electron chi connectivity index (χ1n) is 2.62. The highest BCUT2D eigenvalue weighted by Crippen LogP contribution is 1.88. The van der Waals surface area contributed by atoms with E-state index in [1.165, 1.54) is 0 Å². The molecule has 0 fully saturated rings. The molecule has 0 saturated heterocycles. The summed E-state index contributed by atoms with van der Waals surface area (Å²) in [4.78, 5) is 9.86. The van der Waals surface area contributed by atoms with E-state index in [1.54, 1.807) is 13.0 Å². The highest BCUT2D eigenvalue weighted by molar-refractivity contribution is 5.68. The van der Waals surface area contributed by atoms with Crippen molar-refractivity contribution >= 4 is 5.97 Å². The summed E-state index contributed by atoms with van der Waals surface area (Å²) in [5, 5.41) is 8.10. The third kappa shape index (κ3) is 5.03. The maximum absolute atomic E-state index is 9.86. The van der Waals surface area contributed by atoms with Gasteiger partial charge in [-0.2, -0.15) is 0 Å². The van der Waals surface area contributed by atoms with Gasteiger partial charge in [0.05, 0.1) is 6.10 Å².